The minimum absolute atomic E-state index is 0.294. The van der Waals surface area contributed by atoms with Crippen LogP contribution >= 0.6 is 0 Å². The normalized spacial score (nSPS) is 45.1. The van der Waals surface area contributed by atoms with Gasteiger partial charge in [-0.2, -0.15) is 0 Å². The smallest absolute Gasteiger partial charge is 0.0719 e. The van der Waals surface area contributed by atoms with E-state index in [1.165, 1.54) is 19.3 Å². The highest BCUT2D eigenvalue weighted by Gasteiger charge is 2.56. The molecule has 0 saturated heterocycles. The SMILES string of the molecule is CC(=CC1CC2CCC1(C)C(C)C2(C)C)C(C)O. The largest absolute Gasteiger partial charge is 0.389 e. The van der Waals surface area contributed by atoms with Gasteiger partial charge in [0.15, 0.2) is 0 Å². The molecule has 0 aromatic rings. The van der Waals surface area contributed by atoms with Crippen LogP contribution in [0.2, 0.25) is 0 Å². The minimum Gasteiger partial charge on any atom is -0.389 e. The third-order valence-electron chi connectivity index (χ3n) is 6.70. The van der Waals surface area contributed by atoms with Crippen LogP contribution in [0, 0.1) is 28.6 Å². The number of allylic oxidation sites excluding steroid dienone is 1. The molecule has 3 aliphatic rings. The lowest BCUT2D eigenvalue weighted by Gasteiger charge is -2.62. The molecule has 3 rings (SSSR count). The fourth-order valence-corrected chi connectivity index (χ4v) is 4.50. The first-order valence-corrected chi connectivity index (χ1v) is 7.56. The Labute approximate surface area is 113 Å². The number of aliphatic hydroxyl groups is 1. The highest BCUT2D eigenvalue weighted by molar-refractivity contribution is 5.15. The van der Waals surface area contributed by atoms with E-state index in [0.29, 0.717) is 16.7 Å². The number of hydrogen-bond donors (Lipinski definition) is 1. The second-order valence-electron chi connectivity index (χ2n) is 7.71. The molecule has 0 aromatic carbocycles. The molecular formula is C17H30O. The average Bonchev–Trinajstić information content (AvgIpc) is 2.28. The first kappa shape index (κ1) is 14.1. The Morgan fingerprint density at radius 1 is 1.33 bits per heavy atom. The molecule has 3 saturated carbocycles. The van der Waals surface area contributed by atoms with Gasteiger partial charge in [0, 0.05) is 0 Å². The molecule has 1 nitrogen and oxygen atoms in total. The summed E-state index contributed by atoms with van der Waals surface area (Å²) in [4.78, 5) is 0. The van der Waals surface area contributed by atoms with E-state index in [2.05, 4.69) is 40.7 Å². The van der Waals surface area contributed by atoms with Crippen molar-refractivity contribution in [3.63, 3.8) is 0 Å². The third kappa shape index (κ3) is 1.95. The lowest BCUT2D eigenvalue weighted by Crippen LogP contribution is -2.54. The Morgan fingerprint density at radius 3 is 2.50 bits per heavy atom. The molecule has 0 heterocycles. The maximum absolute atomic E-state index is 9.71. The van der Waals surface area contributed by atoms with Gasteiger partial charge in [-0.05, 0) is 67.3 Å². The summed E-state index contributed by atoms with van der Waals surface area (Å²) in [5, 5.41) is 9.71. The Morgan fingerprint density at radius 2 is 1.94 bits per heavy atom. The van der Waals surface area contributed by atoms with Crippen molar-refractivity contribution in [2.24, 2.45) is 28.6 Å². The zero-order valence-corrected chi connectivity index (χ0v) is 13.0. The van der Waals surface area contributed by atoms with Crippen molar-refractivity contribution >= 4 is 0 Å². The van der Waals surface area contributed by atoms with Crippen LogP contribution in [0.1, 0.15) is 60.8 Å². The molecule has 0 spiro atoms. The second-order valence-corrected chi connectivity index (χ2v) is 7.71. The van der Waals surface area contributed by atoms with E-state index in [4.69, 9.17) is 0 Å². The molecule has 2 bridgehead atoms. The van der Waals surface area contributed by atoms with E-state index >= 15 is 0 Å². The van der Waals surface area contributed by atoms with E-state index in [-0.39, 0.29) is 6.10 Å². The maximum atomic E-state index is 9.71. The molecule has 0 radical (unpaired) electrons. The molecular weight excluding hydrogens is 220 g/mol. The maximum Gasteiger partial charge on any atom is 0.0719 e. The van der Waals surface area contributed by atoms with Crippen molar-refractivity contribution in [1.29, 1.82) is 0 Å². The average molecular weight is 250 g/mol. The van der Waals surface area contributed by atoms with E-state index < -0.39 is 0 Å². The van der Waals surface area contributed by atoms with Crippen LogP contribution in [0.15, 0.2) is 11.6 Å². The zero-order valence-electron chi connectivity index (χ0n) is 13.0. The number of aliphatic hydroxyl groups excluding tert-OH is 1. The van der Waals surface area contributed by atoms with Crippen molar-refractivity contribution < 1.29 is 5.11 Å². The molecule has 18 heavy (non-hydrogen) atoms. The van der Waals surface area contributed by atoms with Crippen molar-refractivity contribution in [1.82, 2.24) is 0 Å². The van der Waals surface area contributed by atoms with Crippen LogP contribution in [0.25, 0.3) is 0 Å². The molecule has 1 N–H and O–H groups in total. The summed E-state index contributed by atoms with van der Waals surface area (Å²) in [6.07, 6.45) is 6.15. The summed E-state index contributed by atoms with van der Waals surface area (Å²) in [6, 6.07) is 0. The van der Waals surface area contributed by atoms with Gasteiger partial charge >= 0.3 is 0 Å². The van der Waals surface area contributed by atoms with Gasteiger partial charge in [-0.3, -0.25) is 0 Å². The van der Waals surface area contributed by atoms with Crippen LogP contribution in [0.4, 0.5) is 0 Å². The van der Waals surface area contributed by atoms with E-state index in [9.17, 15) is 5.11 Å². The Hall–Kier alpha value is -0.300. The van der Waals surface area contributed by atoms with Crippen LogP contribution in [-0.4, -0.2) is 11.2 Å². The first-order chi connectivity index (χ1) is 8.19. The zero-order chi connectivity index (χ0) is 13.7. The standard InChI is InChI=1S/C17H30O/c1-11(12(2)18)9-15-10-14-7-8-17(15,6)13(3)16(14,4)5/h9,12-15,18H,7-8,10H2,1-6H3. The van der Waals surface area contributed by atoms with E-state index in [1.807, 2.05) is 6.92 Å². The molecule has 5 atom stereocenters. The fraction of sp³-hybridized carbons (Fsp3) is 0.882. The predicted octanol–water partition coefficient (Wildman–Crippen LogP) is 4.41. The van der Waals surface area contributed by atoms with Crippen molar-refractivity contribution in [3.05, 3.63) is 11.6 Å². The second kappa shape index (κ2) is 4.37. The summed E-state index contributed by atoms with van der Waals surface area (Å²) in [5.74, 6) is 2.28. The number of hydrogen-bond acceptors (Lipinski definition) is 1. The Kier molecular flexibility index (Phi) is 3.43. The summed E-state index contributed by atoms with van der Waals surface area (Å²) < 4.78 is 0. The van der Waals surface area contributed by atoms with Crippen molar-refractivity contribution in [2.75, 3.05) is 0 Å². The Balaban J connectivity index is 2.30. The van der Waals surface area contributed by atoms with Gasteiger partial charge in [0.05, 0.1) is 6.10 Å². The summed E-state index contributed by atoms with van der Waals surface area (Å²) in [7, 11) is 0. The highest BCUT2D eigenvalue weighted by atomic mass is 16.3. The van der Waals surface area contributed by atoms with Gasteiger partial charge < -0.3 is 5.11 Å². The van der Waals surface area contributed by atoms with Crippen LogP contribution in [0.3, 0.4) is 0 Å². The quantitative estimate of drug-likeness (QED) is 0.720. The highest BCUT2D eigenvalue weighted by Crippen LogP contribution is 2.64. The van der Waals surface area contributed by atoms with Crippen LogP contribution in [-0.2, 0) is 0 Å². The lowest BCUT2D eigenvalue weighted by molar-refractivity contribution is -0.119. The Bertz CT molecular complexity index is 353. The minimum atomic E-state index is -0.294. The van der Waals surface area contributed by atoms with Gasteiger partial charge in [-0.15, -0.1) is 0 Å². The lowest BCUT2D eigenvalue weighted by atomic mass is 9.43. The van der Waals surface area contributed by atoms with Crippen LogP contribution in [0.5, 0.6) is 0 Å². The molecule has 0 aromatic heterocycles. The molecule has 3 aliphatic carbocycles. The van der Waals surface area contributed by atoms with Gasteiger partial charge in [0.1, 0.15) is 0 Å². The molecule has 0 amide bonds. The summed E-state index contributed by atoms with van der Waals surface area (Å²) in [6.45, 7) is 13.8. The fourth-order valence-electron chi connectivity index (χ4n) is 4.50. The molecule has 3 fully saturated rings. The van der Waals surface area contributed by atoms with Gasteiger partial charge in [-0.25, -0.2) is 0 Å². The molecule has 104 valence electrons. The topological polar surface area (TPSA) is 20.2 Å². The van der Waals surface area contributed by atoms with Crippen molar-refractivity contribution in [2.45, 2.75) is 66.9 Å². The number of fused-ring (bicyclic) bond motifs is 3. The van der Waals surface area contributed by atoms with E-state index in [1.54, 1.807) is 0 Å². The van der Waals surface area contributed by atoms with E-state index in [0.717, 1.165) is 17.4 Å². The van der Waals surface area contributed by atoms with Gasteiger partial charge in [-0.1, -0.05) is 33.8 Å². The number of rotatable bonds is 2. The summed E-state index contributed by atoms with van der Waals surface area (Å²) in [5.41, 5.74) is 2.06. The molecule has 1 heteroatoms. The van der Waals surface area contributed by atoms with Crippen molar-refractivity contribution in [3.8, 4) is 0 Å². The van der Waals surface area contributed by atoms with Crippen LogP contribution < -0.4 is 0 Å². The predicted molar refractivity (Wildman–Crippen MR) is 77.3 cm³/mol. The third-order valence-corrected chi connectivity index (χ3v) is 6.70. The van der Waals surface area contributed by atoms with Gasteiger partial charge in [0.25, 0.3) is 0 Å². The molecule has 5 unspecified atom stereocenters. The molecule has 0 aliphatic heterocycles. The van der Waals surface area contributed by atoms with Gasteiger partial charge in [0.2, 0.25) is 0 Å². The monoisotopic (exact) mass is 250 g/mol. The summed E-state index contributed by atoms with van der Waals surface area (Å²) >= 11 is 0. The first-order valence-electron chi connectivity index (χ1n) is 7.56.